The van der Waals surface area contributed by atoms with Crippen molar-refractivity contribution >= 4 is 34.2 Å². The van der Waals surface area contributed by atoms with Crippen LogP contribution in [0.25, 0.3) is 0 Å². The molecule has 0 aromatic heterocycles. The molecular formula is C15H17IN2O5. The van der Waals surface area contributed by atoms with E-state index in [1.165, 1.54) is 12.1 Å². The molecule has 8 heteroatoms. The molecule has 0 bridgehead atoms. The number of hydrogen-bond acceptors (Lipinski definition) is 5. The zero-order valence-corrected chi connectivity index (χ0v) is 14.6. The molecule has 124 valence electrons. The maximum Gasteiger partial charge on any atom is 0.270 e. The first-order chi connectivity index (χ1) is 11.1. The molecule has 2 aliphatic heterocycles. The molecule has 0 aliphatic carbocycles. The number of nitro benzene ring substituents is 1. The fourth-order valence-electron chi connectivity index (χ4n) is 2.98. The van der Waals surface area contributed by atoms with Gasteiger partial charge in [0.1, 0.15) is 0 Å². The lowest BCUT2D eigenvalue weighted by atomic mass is 9.95. The van der Waals surface area contributed by atoms with Crippen molar-refractivity contribution in [2.45, 2.75) is 19.1 Å². The summed E-state index contributed by atoms with van der Waals surface area (Å²) >= 11 is 2.04. The Kier molecular flexibility index (Phi) is 5.12. The van der Waals surface area contributed by atoms with Gasteiger partial charge in [0.25, 0.3) is 11.6 Å². The van der Waals surface area contributed by atoms with Gasteiger partial charge in [-0.25, -0.2) is 0 Å². The van der Waals surface area contributed by atoms with Crippen LogP contribution in [0.4, 0.5) is 5.69 Å². The number of carbonyl (C=O) groups excluding carboxylic acids is 1. The van der Waals surface area contributed by atoms with Crippen LogP contribution in [0, 0.1) is 19.6 Å². The van der Waals surface area contributed by atoms with Crippen molar-refractivity contribution in [1.29, 1.82) is 0 Å². The number of rotatable bonds is 3. The van der Waals surface area contributed by atoms with Crippen LogP contribution < -0.4 is 0 Å². The average molecular weight is 432 g/mol. The van der Waals surface area contributed by atoms with Crippen LogP contribution >= 0.6 is 22.6 Å². The lowest BCUT2D eigenvalue weighted by Gasteiger charge is -2.34. The highest BCUT2D eigenvalue weighted by Crippen LogP contribution is 2.28. The highest BCUT2D eigenvalue weighted by Gasteiger charge is 2.32. The van der Waals surface area contributed by atoms with Crippen molar-refractivity contribution in [3.05, 3.63) is 37.4 Å². The Morgan fingerprint density at radius 2 is 1.91 bits per heavy atom. The molecule has 3 rings (SSSR count). The molecule has 0 radical (unpaired) electrons. The minimum absolute atomic E-state index is 0.0589. The molecule has 1 aromatic rings. The third-order valence-electron chi connectivity index (χ3n) is 4.25. The van der Waals surface area contributed by atoms with Crippen molar-refractivity contribution in [2.75, 3.05) is 26.3 Å². The molecule has 1 aromatic carbocycles. The van der Waals surface area contributed by atoms with E-state index >= 15 is 0 Å². The van der Waals surface area contributed by atoms with E-state index in [1.54, 1.807) is 11.0 Å². The number of non-ortho nitro benzene ring substituents is 1. The Balaban J connectivity index is 1.67. The van der Waals surface area contributed by atoms with Gasteiger partial charge in [0.15, 0.2) is 6.29 Å². The van der Waals surface area contributed by atoms with E-state index in [2.05, 4.69) is 0 Å². The predicted molar refractivity (Wildman–Crippen MR) is 90.1 cm³/mol. The van der Waals surface area contributed by atoms with Crippen molar-refractivity contribution < 1.29 is 19.2 Å². The van der Waals surface area contributed by atoms with E-state index in [4.69, 9.17) is 9.47 Å². The minimum Gasteiger partial charge on any atom is -0.350 e. The maximum absolute atomic E-state index is 12.7. The van der Waals surface area contributed by atoms with Gasteiger partial charge in [-0.05, 0) is 41.5 Å². The van der Waals surface area contributed by atoms with Gasteiger partial charge in [0.05, 0.1) is 23.7 Å². The first kappa shape index (κ1) is 16.6. The van der Waals surface area contributed by atoms with Gasteiger partial charge in [-0.1, -0.05) is 0 Å². The Hall–Kier alpha value is -1.26. The number of halogens is 1. The lowest BCUT2D eigenvalue weighted by Crippen LogP contribution is -2.41. The van der Waals surface area contributed by atoms with Crippen molar-refractivity contribution in [3.63, 3.8) is 0 Å². The van der Waals surface area contributed by atoms with Gasteiger partial charge in [-0.15, -0.1) is 0 Å². The molecule has 2 aliphatic rings. The number of piperidine rings is 1. The fourth-order valence-corrected chi connectivity index (χ4v) is 3.55. The van der Waals surface area contributed by atoms with Gasteiger partial charge in [0, 0.05) is 34.7 Å². The van der Waals surface area contributed by atoms with Crippen LogP contribution in [0.5, 0.6) is 0 Å². The van der Waals surface area contributed by atoms with Gasteiger partial charge >= 0.3 is 0 Å². The molecule has 2 fully saturated rings. The van der Waals surface area contributed by atoms with E-state index in [0.717, 1.165) is 16.4 Å². The minimum atomic E-state index is -0.478. The van der Waals surface area contributed by atoms with Crippen LogP contribution in [-0.2, 0) is 9.47 Å². The first-order valence-corrected chi connectivity index (χ1v) is 8.60. The van der Waals surface area contributed by atoms with Crippen molar-refractivity contribution in [3.8, 4) is 0 Å². The molecule has 1 amide bonds. The number of nitrogens with zero attached hydrogens (tertiary/aromatic N) is 2. The van der Waals surface area contributed by atoms with Crippen LogP contribution in [0.3, 0.4) is 0 Å². The summed E-state index contributed by atoms with van der Waals surface area (Å²) in [5.74, 6) is 0.163. The van der Waals surface area contributed by atoms with Crippen molar-refractivity contribution in [1.82, 2.24) is 4.90 Å². The smallest absolute Gasteiger partial charge is 0.270 e. The second kappa shape index (κ2) is 7.10. The van der Waals surface area contributed by atoms with Crippen LogP contribution in [-0.4, -0.2) is 48.3 Å². The quantitative estimate of drug-likeness (QED) is 0.417. The van der Waals surface area contributed by atoms with E-state index in [0.29, 0.717) is 37.8 Å². The Morgan fingerprint density at radius 1 is 1.26 bits per heavy atom. The topological polar surface area (TPSA) is 81.9 Å². The predicted octanol–water partition coefficient (Wildman–Crippen LogP) is 2.42. The van der Waals surface area contributed by atoms with E-state index < -0.39 is 4.92 Å². The summed E-state index contributed by atoms with van der Waals surface area (Å²) in [6.07, 6.45) is 1.49. The molecule has 7 nitrogen and oxygen atoms in total. The highest BCUT2D eigenvalue weighted by atomic mass is 127. The third kappa shape index (κ3) is 3.64. The number of carbonyl (C=O) groups is 1. The second-order valence-electron chi connectivity index (χ2n) is 5.66. The third-order valence-corrected chi connectivity index (χ3v) is 5.19. The fraction of sp³-hybridized carbons (Fsp3) is 0.533. The standard InChI is InChI=1S/C15H17IN2O5/c16-13-2-1-11(18(20)21)9-12(13)14(19)17-5-3-10(4-6-17)15-22-7-8-23-15/h1-2,9-10,15H,3-8H2. The summed E-state index contributed by atoms with van der Waals surface area (Å²) in [6.45, 7) is 2.50. The van der Waals surface area contributed by atoms with E-state index in [-0.39, 0.29) is 17.9 Å². The Labute approximate surface area is 147 Å². The first-order valence-electron chi connectivity index (χ1n) is 7.52. The van der Waals surface area contributed by atoms with Gasteiger partial charge in [0.2, 0.25) is 0 Å². The molecule has 0 spiro atoms. The Bertz CT molecular complexity index is 610. The zero-order valence-electron chi connectivity index (χ0n) is 12.4. The number of amides is 1. The zero-order chi connectivity index (χ0) is 16.4. The number of likely N-dealkylation sites (tertiary alicyclic amines) is 1. The molecule has 2 heterocycles. The molecule has 2 saturated heterocycles. The average Bonchev–Trinajstić information content (AvgIpc) is 3.09. The highest BCUT2D eigenvalue weighted by molar-refractivity contribution is 14.1. The summed E-state index contributed by atoms with van der Waals surface area (Å²) in [4.78, 5) is 24.8. The summed E-state index contributed by atoms with van der Waals surface area (Å²) < 4.78 is 11.8. The van der Waals surface area contributed by atoms with E-state index in [1.807, 2.05) is 22.6 Å². The Morgan fingerprint density at radius 3 is 2.52 bits per heavy atom. The summed E-state index contributed by atoms with van der Waals surface area (Å²) in [5, 5.41) is 10.9. The molecule has 0 atom stereocenters. The summed E-state index contributed by atoms with van der Waals surface area (Å²) in [7, 11) is 0. The van der Waals surface area contributed by atoms with E-state index in [9.17, 15) is 14.9 Å². The van der Waals surface area contributed by atoms with Gasteiger partial charge in [-0.2, -0.15) is 0 Å². The van der Waals surface area contributed by atoms with Crippen molar-refractivity contribution in [2.24, 2.45) is 5.92 Å². The molecule has 0 saturated carbocycles. The number of ether oxygens (including phenoxy) is 2. The summed E-state index contributed by atoms with van der Waals surface area (Å²) in [5.41, 5.74) is 0.336. The molecule has 0 N–H and O–H groups in total. The normalized spacial score (nSPS) is 20.0. The maximum atomic E-state index is 12.7. The number of benzene rings is 1. The lowest BCUT2D eigenvalue weighted by molar-refractivity contribution is -0.384. The van der Waals surface area contributed by atoms with Gasteiger partial charge in [-0.3, -0.25) is 14.9 Å². The summed E-state index contributed by atoms with van der Waals surface area (Å²) in [6, 6.07) is 4.39. The SMILES string of the molecule is O=C(c1cc([N+](=O)[O-])ccc1I)N1CCC(C2OCCO2)CC1. The van der Waals surface area contributed by atoms with Gasteiger partial charge < -0.3 is 14.4 Å². The molecule has 23 heavy (non-hydrogen) atoms. The van der Waals surface area contributed by atoms with Crippen LogP contribution in [0.1, 0.15) is 23.2 Å². The molecule has 0 unspecified atom stereocenters. The van der Waals surface area contributed by atoms with Crippen LogP contribution in [0.2, 0.25) is 0 Å². The monoisotopic (exact) mass is 432 g/mol. The number of hydrogen-bond donors (Lipinski definition) is 0. The number of nitro groups is 1. The molecular weight excluding hydrogens is 415 g/mol. The van der Waals surface area contributed by atoms with Crippen LogP contribution in [0.15, 0.2) is 18.2 Å². The largest absolute Gasteiger partial charge is 0.350 e. The second-order valence-corrected chi connectivity index (χ2v) is 6.82.